The number of benzene rings is 1. The third-order valence-electron chi connectivity index (χ3n) is 2.68. The number of carbonyl (C=O) groups excluding carboxylic acids is 2. The van der Waals surface area contributed by atoms with E-state index in [1.807, 2.05) is 0 Å². The molecule has 0 aromatic heterocycles. The van der Waals surface area contributed by atoms with Crippen LogP contribution in [0.1, 0.15) is 10.4 Å². The number of nitrogens with zero attached hydrogens (tertiary/aromatic N) is 1. The third-order valence-corrected chi connectivity index (χ3v) is 2.68. The summed E-state index contributed by atoms with van der Waals surface area (Å²) in [6, 6.07) is -0.476. The smallest absolute Gasteiger partial charge is 0.337 e. The van der Waals surface area contributed by atoms with Gasteiger partial charge in [-0.25, -0.2) is 9.18 Å². The lowest BCUT2D eigenvalue weighted by Gasteiger charge is -2.28. The van der Waals surface area contributed by atoms with Crippen LogP contribution in [0.3, 0.4) is 0 Å². The summed E-state index contributed by atoms with van der Waals surface area (Å²) in [5.41, 5.74) is -1.52. The van der Waals surface area contributed by atoms with E-state index in [9.17, 15) is 23.3 Å². The van der Waals surface area contributed by atoms with Gasteiger partial charge in [0.05, 0.1) is 12.7 Å². The molecule has 19 heavy (non-hydrogen) atoms. The minimum absolute atomic E-state index is 0.244. The van der Waals surface area contributed by atoms with Gasteiger partial charge in [-0.1, -0.05) is 4.48 Å². The molecule has 1 N–H and O–H groups in total. The average Bonchev–Trinajstić information content (AvgIpc) is 2.35. The number of Topliss-reactive ketones (excluding diaryl/α,β-unsaturated/α-hetero) is 2. The summed E-state index contributed by atoms with van der Waals surface area (Å²) in [6.45, 7) is 0. The van der Waals surface area contributed by atoms with Gasteiger partial charge in [0, 0.05) is 0 Å². The van der Waals surface area contributed by atoms with Gasteiger partial charge >= 0.3 is 5.97 Å². The van der Waals surface area contributed by atoms with Crippen molar-refractivity contribution in [3.63, 3.8) is 0 Å². The van der Waals surface area contributed by atoms with Crippen molar-refractivity contribution in [2.75, 3.05) is 12.2 Å². The Labute approximate surface area is 105 Å². The normalized spacial score (nSPS) is 18.3. The van der Waals surface area contributed by atoms with Crippen molar-refractivity contribution < 1.29 is 33.1 Å². The average molecular weight is 271 g/mol. The molecule has 0 saturated carbocycles. The van der Waals surface area contributed by atoms with Crippen LogP contribution in [-0.2, 0) is 9.59 Å². The molecule has 1 unspecified atom stereocenters. The van der Waals surface area contributed by atoms with Crippen molar-refractivity contribution in [3.8, 4) is 5.75 Å². The molecule has 0 aliphatic carbocycles. The number of carboxylic acid groups (broad SMARTS) is 1. The van der Waals surface area contributed by atoms with E-state index in [1.54, 1.807) is 0 Å². The second kappa shape index (κ2) is 4.30. The summed E-state index contributed by atoms with van der Waals surface area (Å²) < 4.78 is 32.3. The molecule has 1 aromatic rings. The third kappa shape index (κ3) is 1.72. The van der Waals surface area contributed by atoms with Crippen LogP contribution in [0.15, 0.2) is 12.1 Å². The van der Waals surface area contributed by atoms with Gasteiger partial charge in [-0.15, -0.1) is 0 Å². The minimum atomic E-state index is -2.34. The molecule has 1 aliphatic rings. The molecule has 1 aliphatic heterocycles. The summed E-state index contributed by atoms with van der Waals surface area (Å²) in [5.74, 6) is -6.16. The number of hydrogen-bond acceptors (Lipinski definition) is 5. The fraction of sp³-hybridized carbons (Fsp3) is 0.182. The quantitative estimate of drug-likeness (QED) is 0.485. The number of anilines is 1. The van der Waals surface area contributed by atoms with Gasteiger partial charge in [0.25, 0.3) is 0 Å². The van der Waals surface area contributed by atoms with Crippen LogP contribution in [0.25, 0.3) is 0 Å². The minimum Gasteiger partial charge on any atom is -0.494 e. The molecule has 0 amide bonds. The van der Waals surface area contributed by atoms with Crippen LogP contribution in [0.4, 0.5) is 14.6 Å². The lowest BCUT2D eigenvalue weighted by molar-refractivity contribution is -0.142. The van der Waals surface area contributed by atoms with Gasteiger partial charge in [0.1, 0.15) is 17.3 Å². The van der Waals surface area contributed by atoms with Crippen LogP contribution < -0.4 is 9.86 Å². The monoisotopic (exact) mass is 271 g/mol. The number of fused-ring (bicyclic) bond motifs is 1. The largest absolute Gasteiger partial charge is 0.494 e. The highest BCUT2D eigenvalue weighted by atomic mass is 19.2. The molecular weight excluding hydrogens is 264 g/mol. The van der Waals surface area contributed by atoms with Crippen molar-refractivity contribution in [2.45, 2.75) is 6.04 Å². The van der Waals surface area contributed by atoms with Crippen molar-refractivity contribution in [1.29, 1.82) is 0 Å². The van der Waals surface area contributed by atoms with E-state index in [4.69, 9.17) is 9.84 Å². The molecule has 0 fully saturated rings. The topological polar surface area (TPSA) is 83.9 Å². The van der Waals surface area contributed by atoms with E-state index in [-0.39, 0.29) is 5.75 Å². The van der Waals surface area contributed by atoms with Crippen LogP contribution in [0.2, 0.25) is 0 Å². The molecule has 0 radical (unpaired) electrons. The standard InChI is InChI=1S/C11H7F2NO5/c1-19-5-3-2-4(12)6-7(5)14(13)8(11(17)18)10(16)9(6)15/h2-3,8H,1H3,(H,17,18). The van der Waals surface area contributed by atoms with Crippen LogP contribution in [0, 0.1) is 5.82 Å². The fourth-order valence-electron chi connectivity index (χ4n) is 1.83. The highest BCUT2D eigenvalue weighted by Gasteiger charge is 2.47. The Hall–Kier alpha value is -2.51. The van der Waals surface area contributed by atoms with Gasteiger partial charge in [0.15, 0.2) is 0 Å². The number of halogens is 2. The van der Waals surface area contributed by atoms with Gasteiger partial charge in [-0.3, -0.25) is 9.59 Å². The Morgan fingerprint density at radius 2 is 2.05 bits per heavy atom. The molecule has 0 bridgehead atoms. The lowest BCUT2D eigenvalue weighted by atomic mass is 9.94. The first-order chi connectivity index (χ1) is 8.90. The van der Waals surface area contributed by atoms with Gasteiger partial charge in [-0.2, -0.15) is 5.12 Å². The number of ketones is 2. The number of hydrogen-bond donors (Lipinski definition) is 1. The van der Waals surface area contributed by atoms with E-state index in [1.165, 1.54) is 0 Å². The summed E-state index contributed by atoms with van der Waals surface area (Å²) in [7, 11) is 1.14. The molecule has 0 saturated heterocycles. The molecule has 0 spiro atoms. The second-order valence-corrected chi connectivity index (χ2v) is 3.72. The van der Waals surface area contributed by atoms with Gasteiger partial charge in [-0.05, 0) is 12.1 Å². The zero-order valence-electron chi connectivity index (χ0n) is 9.52. The molecular formula is C11H7F2NO5. The SMILES string of the molecule is COc1ccc(F)c2c1N(F)C(C(=O)O)C(=O)C2=O. The number of carboxylic acids is 1. The molecule has 2 rings (SSSR count). The summed E-state index contributed by atoms with van der Waals surface area (Å²) >= 11 is 0. The highest BCUT2D eigenvalue weighted by molar-refractivity contribution is 6.51. The lowest BCUT2D eigenvalue weighted by Crippen LogP contribution is -2.50. The van der Waals surface area contributed by atoms with Crippen molar-refractivity contribution in [3.05, 3.63) is 23.5 Å². The predicted octanol–water partition coefficient (Wildman–Crippen LogP) is 0.744. The maximum atomic E-state index is 14.0. The highest BCUT2D eigenvalue weighted by Crippen LogP contribution is 2.39. The Morgan fingerprint density at radius 1 is 1.42 bits per heavy atom. The summed E-state index contributed by atoms with van der Waals surface area (Å²) in [6.07, 6.45) is 0. The maximum Gasteiger partial charge on any atom is 0.337 e. The zero-order valence-corrected chi connectivity index (χ0v) is 9.52. The fourth-order valence-corrected chi connectivity index (χ4v) is 1.83. The molecule has 1 atom stereocenters. The Morgan fingerprint density at radius 3 is 2.58 bits per heavy atom. The van der Waals surface area contributed by atoms with Crippen molar-refractivity contribution >= 4 is 23.2 Å². The first-order valence-corrected chi connectivity index (χ1v) is 5.03. The van der Waals surface area contributed by atoms with E-state index < -0.39 is 45.8 Å². The summed E-state index contributed by atoms with van der Waals surface area (Å²) in [5, 5.41) is 8.30. The first kappa shape index (κ1) is 12.9. The predicted molar refractivity (Wildman–Crippen MR) is 57.3 cm³/mol. The van der Waals surface area contributed by atoms with Crippen LogP contribution in [0.5, 0.6) is 5.75 Å². The van der Waals surface area contributed by atoms with Crippen LogP contribution >= 0.6 is 0 Å². The Balaban J connectivity index is 2.75. The number of ether oxygens (including phenoxy) is 1. The zero-order chi connectivity index (χ0) is 14.3. The van der Waals surface area contributed by atoms with E-state index in [0.29, 0.717) is 0 Å². The first-order valence-electron chi connectivity index (χ1n) is 5.03. The number of carbonyl (C=O) groups is 3. The van der Waals surface area contributed by atoms with Gasteiger partial charge in [0.2, 0.25) is 17.6 Å². The number of rotatable bonds is 2. The van der Waals surface area contributed by atoms with Crippen molar-refractivity contribution in [1.82, 2.24) is 0 Å². The Bertz CT molecular complexity index is 601. The number of methoxy groups -OCH3 is 1. The Kier molecular flexibility index (Phi) is 2.93. The van der Waals surface area contributed by atoms with Crippen molar-refractivity contribution in [2.24, 2.45) is 0 Å². The molecule has 8 heteroatoms. The summed E-state index contributed by atoms with van der Waals surface area (Å²) in [4.78, 5) is 34.0. The second-order valence-electron chi connectivity index (χ2n) is 3.72. The van der Waals surface area contributed by atoms with Crippen LogP contribution in [-0.4, -0.2) is 35.8 Å². The van der Waals surface area contributed by atoms with Gasteiger partial charge < -0.3 is 9.84 Å². The number of aliphatic carboxylic acids is 1. The molecule has 1 heterocycles. The van der Waals surface area contributed by atoms with E-state index >= 15 is 0 Å². The molecule has 100 valence electrons. The van der Waals surface area contributed by atoms with E-state index in [2.05, 4.69) is 0 Å². The maximum absolute atomic E-state index is 14.0. The van der Waals surface area contributed by atoms with E-state index in [0.717, 1.165) is 19.2 Å². The molecule has 1 aromatic carbocycles. The molecule has 6 nitrogen and oxygen atoms in total.